The topological polar surface area (TPSA) is 68.0 Å². The Balaban J connectivity index is 2.50. The summed E-state index contributed by atoms with van der Waals surface area (Å²) in [5.41, 5.74) is -0.872. The lowest BCUT2D eigenvalue weighted by atomic mass is 10.2. The third kappa shape index (κ3) is 3.90. The highest BCUT2D eigenvalue weighted by molar-refractivity contribution is 7.99. The molecule has 0 aliphatic carbocycles. The minimum absolute atomic E-state index is 0.00276. The molecule has 2 aromatic heterocycles. The van der Waals surface area contributed by atoms with Crippen molar-refractivity contribution in [3.05, 3.63) is 17.8 Å². The molecule has 0 fully saturated rings. The number of thioether (sulfide) groups is 1. The fourth-order valence-corrected chi connectivity index (χ4v) is 2.56. The summed E-state index contributed by atoms with van der Waals surface area (Å²) in [6.07, 6.45) is -3.22. The number of carboxylic acids is 1. The Labute approximate surface area is 128 Å². The number of carboxylic acid groups (broad SMARTS) is 1. The highest BCUT2D eigenvalue weighted by Crippen LogP contribution is 2.36. The molecule has 0 aromatic carbocycles. The van der Waals surface area contributed by atoms with Crippen LogP contribution in [-0.2, 0) is 17.5 Å². The smallest absolute Gasteiger partial charge is 0.417 e. The zero-order valence-electron chi connectivity index (χ0n) is 11.9. The molecule has 0 bridgehead atoms. The summed E-state index contributed by atoms with van der Waals surface area (Å²) in [5.74, 6) is -1.25. The van der Waals surface area contributed by atoms with E-state index < -0.39 is 17.7 Å². The van der Waals surface area contributed by atoms with Crippen LogP contribution in [0.4, 0.5) is 13.2 Å². The summed E-state index contributed by atoms with van der Waals surface area (Å²) in [6.45, 7) is 4.34. The lowest BCUT2D eigenvalue weighted by molar-refractivity contribution is -0.136. The number of aliphatic carboxylic acids is 1. The maximum absolute atomic E-state index is 13.2. The molecule has 0 saturated heterocycles. The molecular formula is C13H14F3N3O2S. The Hall–Kier alpha value is -1.77. The Morgan fingerprint density at radius 3 is 2.68 bits per heavy atom. The number of hydrogen-bond acceptors (Lipinski definition) is 4. The number of pyridine rings is 1. The fourth-order valence-electron chi connectivity index (χ4n) is 1.93. The van der Waals surface area contributed by atoms with Gasteiger partial charge >= 0.3 is 12.1 Å². The maximum Gasteiger partial charge on any atom is 0.417 e. The lowest BCUT2D eigenvalue weighted by Crippen LogP contribution is -2.07. The van der Waals surface area contributed by atoms with Crippen LogP contribution in [-0.4, -0.2) is 31.6 Å². The first-order valence-corrected chi connectivity index (χ1v) is 7.45. The largest absolute Gasteiger partial charge is 0.481 e. The summed E-state index contributed by atoms with van der Waals surface area (Å²) in [4.78, 5) is 14.6. The first kappa shape index (κ1) is 16.6. The normalized spacial score (nSPS) is 12.3. The van der Waals surface area contributed by atoms with Crippen molar-refractivity contribution in [1.29, 1.82) is 0 Å². The Bertz CT molecular complexity index is 698. The molecule has 2 rings (SSSR count). The summed E-state index contributed by atoms with van der Waals surface area (Å²) in [5, 5.41) is 12.6. The monoisotopic (exact) mass is 333 g/mol. The van der Waals surface area contributed by atoms with Crippen LogP contribution in [0.25, 0.3) is 11.0 Å². The van der Waals surface area contributed by atoms with Gasteiger partial charge in [0.15, 0.2) is 5.65 Å². The Morgan fingerprint density at radius 1 is 1.45 bits per heavy atom. The van der Waals surface area contributed by atoms with E-state index >= 15 is 0 Å². The SMILES string of the molecule is CC(C)Cn1cc2c(C(F)(F)F)cc(SCC(=O)O)nc2n1. The van der Waals surface area contributed by atoms with Crippen LogP contribution in [0, 0.1) is 5.92 Å². The average molecular weight is 333 g/mol. The van der Waals surface area contributed by atoms with Crippen molar-refractivity contribution >= 4 is 28.8 Å². The third-order valence-electron chi connectivity index (χ3n) is 2.72. The maximum atomic E-state index is 13.2. The fraction of sp³-hybridized carbons (Fsp3) is 0.462. The molecule has 0 radical (unpaired) electrons. The highest BCUT2D eigenvalue weighted by Gasteiger charge is 2.34. The number of rotatable bonds is 5. The number of fused-ring (bicyclic) bond motifs is 1. The van der Waals surface area contributed by atoms with Gasteiger partial charge in [-0.25, -0.2) is 4.98 Å². The van der Waals surface area contributed by atoms with E-state index in [1.807, 2.05) is 13.8 Å². The van der Waals surface area contributed by atoms with Gasteiger partial charge in [0.05, 0.1) is 21.7 Å². The molecule has 2 aromatic rings. The quantitative estimate of drug-likeness (QED) is 0.851. The zero-order valence-corrected chi connectivity index (χ0v) is 12.7. The lowest BCUT2D eigenvalue weighted by Gasteiger charge is -2.08. The molecule has 5 nitrogen and oxygen atoms in total. The minimum atomic E-state index is -4.55. The van der Waals surface area contributed by atoms with E-state index in [9.17, 15) is 18.0 Å². The molecule has 0 amide bonds. The van der Waals surface area contributed by atoms with Crippen molar-refractivity contribution < 1.29 is 23.1 Å². The van der Waals surface area contributed by atoms with Crippen LogP contribution >= 0.6 is 11.8 Å². The third-order valence-corrected chi connectivity index (χ3v) is 3.61. The second-order valence-corrected chi connectivity index (χ2v) is 6.17. The molecule has 22 heavy (non-hydrogen) atoms. The first-order chi connectivity index (χ1) is 10.2. The molecule has 0 unspecified atom stereocenters. The summed E-state index contributed by atoms with van der Waals surface area (Å²) in [7, 11) is 0. The number of hydrogen-bond donors (Lipinski definition) is 1. The van der Waals surface area contributed by atoms with Gasteiger partial charge < -0.3 is 5.11 Å². The molecule has 120 valence electrons. The average Bonchev–Trinajstić information content (AvgIpc) is 2.74. The molecule has 1 N–H and O–H groups in total. The predicted molar refractivity (Wildman–Crippen MR) is 75.7 cm³/mol. The van der Waals surface area contributed by atoms with Gasteiger partial charge in [0.2, 0.25) is 0 Å². The standard InChI is InChI=1S/C13H14F3N3O2S/c1-7(2)4-19-5-8-9(13(14,15)16)3-10(17-12(8)18-19)22-6-11(20)21/h3,5,7H,4,6H2,1-2H3,(H,20,21). The zero-order chi connectivity index (χ0) is 16.5. The van der Waals surface area contributed by atoms with Gasteiger partial charge in [-0.05, 0) is 12.0 Å². The van der Waals surface area contributed by atoms with Gasteiger partial charge in [0.25, 0.3) is 0 Å². The Morgan fingerprint density at radius 2 is 2.14 bits per heavy atom. The summed E-state index contributed by atoms with van der Waals surface area (Å²) >= 11 is 0.737. The number of carbonyl (C=O) groups is 1. The van der Waals surface area contributed by atoms with E-state index in [4.69, 9.17) is 5.11 Å². The van der Waals surface area contributed by atoms with E-state index in [0.717, 1.165) is 17.8 Å². The van der Waals surface area contributed by atoms with Crippen LogP contribution < -0.4 is 0 Å². The molecule has 0 aliphatic heterocycles. The van der Waals surface area contributed by atoms with Gasteiger partial charge in [-0.15, -0.1) is 0 Å². The van der Waals surface area contributed by atoms with Crippen molar-refractivity contribution in [2.75, 3.05) is 5.75 Å². The van der Waals surface area contributed by atoms with Crippen molar-refractivity contribution in [3.63, 3.8) is 0 Å². The van der Waals surface area contributed by atoms with E-state index in [1.165, 1.54) is 10.9 Å². The van der Waals surface area contributed by atoms with E-state index in [0.29, 0.717) is 6.54 Å². The molecule has 0 aliphatic rings. The predicted octanol–water partition coefficient (Wildman–Crippen LogP) is 3.28. The van der Waals surface area contributed by atoms with Crippen molar-refractivity contribution in [3.8, 4) is 0 Å². The van der Waals surface area contributed by atoms with Crippen LogP contribution in [0.15, 0.2) is 17.3 Å². The van der Waals surface area contributed by atoms with Gasteiger partial charge in [-0.2, -0.15) is 18.3 Å². The molecule has 2 heterocycles. The van der Waals surface area contributed by atoms with Crippen molar-refractivity contribution in [1.82, 2.24) is 14.8 Å². The van der Waals surface area contributed by atoms with E-state index in [2.05, 4.69) is 10.1 Å². The number of alkyl halides is 3. The van der Waals surface area contributed by atoms with Gasteiger partial charge in [-0.1, -0.05) is 25.6 Å². The second kappa shape index (κ2) is 6.15. The molecule has 0 saturated carbocycles. The van der Waals surface area contributed by atoms with Crippen molar-refractivity contribution in [2.24, 2.45) is 5.92 Å². The number of nitrogens with zero attached hydrogens (tertiary/aromatic N) is 3. The van der Waals surface area contributed by atoms with Crippen LogP contribution in [0.3, 0.4) is 0 Å². The summed E-state index contributed by atoms with van der Waals surface area (Å²) in [6, 6.07) is 0.872. The molecule has 0 atom stereocenters. The van der Waals surface area contributed by atoms with E-state index in [1.54, 1.807) is 0 Å². The van der Waals surface area contributed by atoms with Crippen molar-refractivity contribution in [2.45, 2.75) is 31.6 Å². The summed E-state index contributed by atoms with van der Waals surface area (Å²) < 4.78 is 41.0. The minimum Gasteiger partial charge on any atom is -0.481 e. The second-order valence-electron chi connectivity index (χ2n) is 5.17. The van der Waals surface area contributed by atoms with E-state index in [-0.39, 0.29) is 27.7 Å². The Kier molecular flexibility index (Phi) is 4.64. The number of halogens is 3. The first-order valence-electron chi connectivity index (χ1n) is 6.47. The van der Waals surface area contributed by atoms with Gasteiger partial charge in [-0.3, -0.25) is 9.48 Å². The molecular weight excluding hydrogens is 319 g/mol. The van der Waals surface area contributed by atoms with Gasteiger partial charge in [0.1, 0.15) is 0 Å². The highest BCUT2D eigenvalue weighted by atomic mass is 32.2. The number of aromatic nitrogens is 3. The molecule has 0 spiro atoms. The molecule has 9 heteroatoms. The van der Waals surface area contributed by atoms with Gasteiger partial charge in [0, 0.05) is 12.7 Å². The van der Waals surface area contributed by atoms with Crippen LogP contribution in [0.5, 0.6) is 0 Å². The van der Waals surface area contributed by atoms with Crippen LogP contribution in [0.1, 0.15) is 19.4 Å². The van der Waals surface area contributed by atoms with Crippen LogP contribution in [0.2, 0.25) is 0 Å².